The molecule has 4 nitrogen and oxygen atoms in total. The van der Waals surface area contributed by atoms with Crippen LogP contribution in [0.15, 0.2) is 48.7 Å². The molecule has 0 bridgehead atoms. The lowest BCUT2D eigenvalue weighted by Crippen LogP contribution is -2.48. The first-order valence-electron chi connectivity index (χ1n) is 10.4. The summed E-state index contributed by atoms with van der Waals surface area (Å²) in [5.74, 6) is -0.478. The number of hydrogen-bond donors (Lipinski definition) is 1. The van der Waals surface area contributed by atoms with Crippen molar-refractivity contribution in [2.24, 2.45) is 0 Å². The van der Waals surface area contributed by atoms with E-state index in [1.165, 1.54) is 6.07 Å². The standard InChI is InChI=1S/C24H28FN3O/c1-3-27-10-12-28(13-11-27)24(29)15-19(20-14-17(2)8-9-22(20)25)21-16-26-23-7-5-4-6-18(21)23/h4-9,14,16,19,26H,3,10-13,15H2,1-2H3/t19-/m1/s1. The first-order valence-corrected chi connectivity index (χ1v) is 10.4. The van der Waals surface area contributed by atoms with Crippen LogP contribution in [-0.4, -0.2) is 53.4 Å². The highest BCUT2D eigenvalue weighted by Gasteiger charge is 2.28. The molecule has 29 heavy (non-hydrogen) atoms. The molecule has 1 atom stereocenters. The molecule has 1 fully saturated rings. The van der Waals surface area contributed by atoms with Crippen molar-refractivity contribution in [1.29, 1.82) is 0 Å². The quantitative estimate of drug-likeness (QED) is 0.702. The average molecular weight is 394 g/mol. The molecule has 4 rings (SSSR count). The molecule has 1 N–H and O–H groups in total. The second-order valence-electron chi connectivity index (χ2n) is 7.89. The number of rotatable bonds is 5. The second-order valence-corrected chi connectivity index (χ2v) is 7.89. The van der Waals surface area contributed by atoms with Gasteiger partial charge in [-0.1, -0.05) is 42.8 Å². The van der Waals surface area contributed by atoms with Crippen LogP contribution < -0.4 is 0 Å². The van der Waals surface area contributed by atoms with Crippen LogP contribution in [0.3, 0.4) is 0 Å². The van der Waals surface area contributed by atoms with Crippen molar-refractivity contribution in [3.63, 3.8) is 0 Å². The van der Waals surface area contributed by atoms with Crippen LogP contribution in [0.5, 0.6) is 0 Å². The number of amides is 1. The number of halogens is 1. The number of carbonyl (C=O) groups excluding carboxylic acids is 1. The van der Waals surface area contributed by atoms with E-state index in [-0.39, 0.29) is 24.1 Å². The van der Waals surface area contributed by atoms with E-state index in [4.69, 9.17) is 0 Å². The number of likely N-dealkylation sites (N-methyl/N-ethyl adjacent to an activating group) is 1. The van der Waals surface area contributed by atoms with Gasteiger partial charge in [-0.3, -0.25) is 4.79 Å². The number of fused-ring (bicyclic) bond motifs is 1. The van der Waals surface area contributed by atoms with Gasteiger partial charge in [-0.05, 0) is 36.7 Å². The van der Waals surface area contributed by atoms with Crippen molar-refractivity contribution in [2.75, 3.05) is 32.7 Å². The first kappa shape index (κ1) is 19.6. The third-order valence-electron chi connectivity index (χ3n) is 6.07. The Balaban J connectivity index is 1.67. The Bertz CT molecular complexity index is 1000. The van der Waals surface area contributed by atoms with E-state index in [2.05, 4.69) is 16.8 Å². The molecule has 1 aliphatic rings. The fraction of sp³-hybridized carbons (Fsp3) is 0.375. The van der Waals surface area contributed by atoms with Crippen LogP contribution in [0.25, 0.3) is 10.9 Å². The number of nitrogens with one attached hydrogen (secondary N) is 1. The van der Waals surface area contributed by atoms with E-state index < -0.39 is 0 Å². The Hall–Kier alpha value is -2.66. The van der Waals surface area contributed by atoms with Crippen LogP contribution in [0.4, 0.5) is 4.39 Å². The molecule has 1 saturated heterocycles. The summed E-state index contributed by atoms with van der Waals surface area (Å²) in [6.45, 7) is 8.39. The fourth-order valence-corrected chi connectivity index (χ4v) is 4.32. The Morgan fingerprint density at radius 3 is 2.62 bits per heavy atom. The van der Waals surface area contributed by atoms with Gasteiger partial charge < -0.3 is 14.8 Å². The molecule has 0 unspecified atom stereocenters. The normalized spacial score (nSPS) is 16.3. The molecule has 1 aromatic heterocycles. The number of hydrogen-bond acceptors (Lipinski definition) is 2. The smallest absolute Gasteiger partial charge is 0.223 e. The third kappa shape index (κ3) is 4.06. The maximum Gasteiger partial charge on any atom is 0.223 e. The van der Waals surface area contributed by atoms with E-state index >= 15 is 0 Å². The zero-order chi connectivity index (χ0) is 20.4. The van der Waals surface area contributed by atoms with Gasteiger partial charge in [0.15, 0.2) is 0 Å². The van der Waals surface area contributed by atoms with Crippen molar-refractivity contribution in [2.45, 2.75) is 26.2 Å². The Kier molecular flexibility index (Phi) is 5.67. The van der Waals surface area contributed by atoms with E-state index in [9.17, 15) is 9.18 Å². The molecule has 0 aliphatic carbocycles. The topological polar surface area (TPSA) is 39.3 Å². The molecule has 3 aromatic rings. The number of H-pyrrole nitrogens is 1. The number of piperazine rings is 1. The molecule has 0 saturated carbocycles. The SMILES string of the molecule is CCN1CCN(C(=O)C[C@H](c2cc(C)ccc2F)c2c[nH]c3ccccc23)CC1. The largest absolute Gasteiger partial charge is 0.361 e. The van der Waals surface area contributed by atoms with E-state index in [0.29, 0.717) is 5.56 Å². The summed E-state index contributed by atoms with van der Waals surface area (Å²) in [5, 5.41) is 1.04. The molecule has 0 spiro atoms. The molecule has 152 valence electrons. The minimum Gasteiger partial charge on any atom is -0.361 e. The van der Waals surface area contributed by atoms with Crippen molar-refractivity contribution < 1.29 is 9.18 Å². The highest BCUT2D eigenvalue weighted by molar-refractivity contribution is 5.86. The minimum atomic E-state index is -0.317. The lowest BCUT2D eigenvalue weighted by Gasteiger charge is -2.35. The molecule has 1 aliphatic heterocycles. The van der Waals surface area contributed by atoms with Crippen molar-refractivity contribution in [1.82, 2.24) is 14.8 Å². The van der Waals surface area contributed by atoms with Crippen LogP contribution in [0, 0.1) is 12.7 Å². The fourth-order valence-electron chi connectivity index (χ4n) is 4.32. The van der Waals surface area contributed by atoms with Crippen molar-refractivity contribution >= 4 is 16.8 Å². The number of aromatic nitrogens is 1. The number of aryl methyl sites for hydroxylation is 1. The Labute approximate surface area is 171 Å². The maximum atomic E-state index is 14.9. The van der Waals surface area contributed by atoms with E-state index in [0.717, 1.165) is 54.8 Å². The summed E-state index contributed by atoms with van der Waals surface area (Å²) in [6, 6.07) is 13.2. The average Bonchev–Trinajstić information content (AvgIpc) is 3.18. The molecule has 2 heterocycles. The highest BCUT2D eigenvalue weighted by atomic mass is 19.1. The monoisotopic (exact) mass is 393 g/mol. The maximum absolute atomic E-state index is 14.9. The summed E-state index contributed by atoms with van der Waals surface area (Å²) in [6.07, 6.45) is 2.20. The van der Waals surface area contributed by atoms with Gasteiger partial charge >= 0.3 is 0 Å². The first-order chi connectivity index (χ1) is 14.1. The molecule has 5 heteroatoms. The van der Waals surface area contributed by atoms with Crippen LogP contribution in [0.1, 0.15) is 36.0 Å². The molecule has 2 aromatic carbocycles. The van der Waals surface area contributed by atoms with Crippen LogP contribution in [-0.2, 0) is 4.79 Å². The van der Waals surface area contributed by atoms with Crippen LogP contribution >= 0.6 is 0 Å². The van der Waals surface area contributed by atoms with Gasteiger partial charge in [0.2, 0.25) is 5.91 Å². The van der Waals surface area contributed by atoms with Gasteiger partial charge in [-0.15, -0.1) is 0 Å². The highest BCUT2D eigenvalue weighted by Crippen LogP contribution is 2.35. The summed E-state index contributed by atoms with van der Waals surface area (Å²) >= 11 is 0. The number of benzene rings is 2. The van der Waals surface area contributed by atoms with Gasteiger partial charge in [0.25, 0.3) is 0 Å². The number of aromatic amines is 1. The van der Waals surface area contributed by atoms with Crippen molar-refractivity contribution in [3.05, 3.63) is 71.2 Å². The predicted molar refractivity (Wildman–Crippen MR) is 115 cm³/mol. The van der Waals surface area contributed by atoms with Gasteiger partial charge in [0.05, 0.1) is 0 Å². The molecular weight excluding hydrogens is 365 g/mol. The van der Waals surface area contributed by atoms with Gasteiger partial charge in [-0.25, -0.2) is 4.39 Å². The number of nitrogens with zero attached hydrogens (tertiary/aromatic N) is 2. The number of carbonyl (C=O) groups is 1. The summed E-state index contributed by atoms with van der Waals surface area (Å²) in [4.78, 5) is 20.7. The van der Waals surface area contributed by atoms with Gasteiger partial charge in [0.1, 0.15) is 5.82 Å². The summed E-state index contributed by atoms with van der Waals surface area (Å²) in [7, 11) is 0. The lowest BCUT2D eigenvalue weighted by molar-refractivity contribution is -0.133. The molecule has 1 amide bonds. The van der Waals surface area contributed by atoms with Crippen molar-refractivity contribution in [3.8, 4) is 0 Å². The second kappa shape index (κ2) is 8.37. The zero-order valence-electron chi connectivity index (χ0n) is 17.1. The van der Waals surface area contributed by atoms with Crippen LogP contribution in [0.2, 0.25) is 0 Å². The van der Waals surface area contributed by atoms with E-state index in [1.807, 2.05) is 48.4 Å². The predicted octanol–water partition coefficient (Wildman–Crippen LogP) is 4.30. The Morgan fingerprint density at radius 2 is 1.86 bits per heavy atom. The number of para-hydroxylation sites is 1. The third-order valence-corrected chi connectivity index (χ3v) is 6.07. The minimum absolute atomic E-state index is 0.0944. The lowest BCUT2D eigenvalue weighted by atomic mass is 9.86. The van der Waals surface area contributed by atoms with Gasteiger partial charge in [0, 0.05) is 55.6 Å². The van der Waals surface area contributed by atoms with E-state index in [1.54, 1.807) is 6.07 Å². The molecule has 0 radical (unpaired) electrons. The summed E-state index contributed by atoms with van der Waals surface area (Å²) < 4.78 is 14.9. The zero-order valence-corrected chi connectivity index (χ0v) is 17.1. The summed E-state index contributed by atoms with van der Waals surface area (Å²) in [5.41, 5.74) is 3.57. The van der Waals surface area contributed by atoms with Gasteiger partial charge in [-0.2, -0.15) is 0 Å². The Morgan fingerprint density at radius 1 is 1.10 bits per heavy atom. The molecular formula is C24H28FN3O.